The average Bonchev–Trinajstić information content (AvgIpc) is 3.28. The molecule has 0 spiro atoms. The second kappa shape index (κ2) is 51.0. The van der Waals surface area contributed by atoms with E-state index in [1.807, 2.05) is 12.2 Å². The molecular weight excluding hydrogens is 781 g/mol. The maximum absolute atomic E-state index is 12.8. The van der Waals surface area contributed by atoms with Crippen LogP contribution >= 0.6 is 0 Å². The van der Waals surface area contributed by atoms with Crippen LogP contribution in [0.2, 0.25) is 0 Å². The van der Waals surface area contributed by atoms with Gasteiger partial charge in [-0.3, -0.25) is 14.4 Å². The highest BCUT2D eigenvalue weighted by atomic mass is 16.6. The number of ether oxygens (including phenoxy) is 3. The molecule has 0 fully saturated rings. The van der Waals surface area contributed by atoms with Crippen LogP contribution in [-0.2, 0) is 28.6 Å². The van der Waals surface area contributed by atoms with Gasteiger partial charge in [0.1, 0.15) is 13.2 Å². The zero-order valence-electron chi connectivity index (χ0n) is 40.8. The lowest BCUT2D eigenvalue weighted by atomic mass is 10.1. The van der Waals surface area contributed by atoms with Gasteiger partial charge in [0.25, 0.3) is 0 Å². The lowest BCUT2D eigenvalue weighted by molar-refractivity contribution is -0.166. The normalized spacial score (nSPS) is 12.9. The van der Waals surface area contributed by atoms with Crippen LogP contribution in [0.4, 0.5) is 0 Å². The minimum atomic E-state index is -0.813. The SMILES string of the molecule is CC/C=C\C/C=C\C/C=C\C/C=C\C/C=C\C/C=C\CCC(=O)OC[C@H](COC(=O)CCCCCCCCCCCCC)OC(=O)CCCCCCC/C=C\C/C=C\CCCCC. The molecule has 6 heteroatoms. The molecule has 0 aliphatic rings. The van der Waals surface area contributed by atoms with Gasteiger partial charge in [0.2, 0.25) is 0 Å². The van der Waals surface area contributed by atoms with Gasteiger partial charge < -0.3 is 14.2 Å². The molecule has 1 atom stereocenters. The fourth-order valence-electron chi connectivity index (χ4n) is 6.73. The third-order valence-electron chi connectivity index (χ3n) is 10.6. The summed E-state index contributed by atoms with van der Waals surface area (Å²) in [6, 6.07) is 0. The van der Waals surface area contributed by atoms with Gasteiger partial charge in [-0.2, -0.15) is 0 Å². The van der Waals surface area contributed by atoms with Crippen molar-refractivity contribution in [1.29, 1.82) is 0 Å². The van der Waals surface area contributed by atoms with E-state index in [-0.39, 0.29) is 37.5 Å². The summed E-state index contributed by atoms with van der Waals surface area (Å²) in [6.07, 6.45) is 66.8. The summed E-state index contributed by atoms with van der Waals surface area (Å²) in [5, 5.41) is 0. The van der Waals surface area contributed by atoms with E-state index in [2.05, 4.69) is 106 Å². The van der Waals surface area contributed by atoms with Gasteiger partial charge in [0, 0.05) is 19.3 Å². The van der Waals surface area contributed by atoms with Crippen molar-refractivity contribution in [1.82, 2.24) is 0 Å². The van der Waals surface area contributed by atoms with E-state index in [0.29, 0.717) is 19.3 Å². The Balaban J connectivity index is 4.51. The standard InChI is InChI=1S/C57H94O6/c1-4-7-10-13-16-19-22-24-26-27-28-29-31-32-35-38-41-44-47-50-56(59)62-53-54(52-61-55(58)49-46-43-40-37-34-21-18-15-12-9-6-3)63-57(60)51-48-45-42-39-36-33-30-25-23-20-17-14-11-8-5-2/h7,10,16-17,19-20,24-26,28-30,32,35,41,44,54H,4-6,8-9,11-15,18,21-23,27,31,33-34,36-40,42-43,45-53H2,1-3H3/b10-7-,19-16-,20-17-,26-24-,29-28-,30-25-,35-32-,44-41-/t54-/m0/s1. The molecule has 0 aromatic rings. The third kappa shape index (κ3) is 49.2. The minimum Gasteiger partial charge on any atom is -0.462 e. The van der Waals surface area contributed by atoms with Gasteiger partial charge in [-0.25, -0.2) is 0 Å². The predicted octanol–water partition coefficient (Wildman–Crippen LogP) is 17.0. The van der Waals surface area contributed by atoms with Crippen LogP contribution in [0.3, 0.4) is 0 Å². The van der Waals surface area contributed by atoms with Gasteiger partial charge in [0.15, 0.2) is 6.10 Å². The highest BCUT2D eigenvalue weighted by Crippen LogP contribution is 2.14. The van der Waals surface area contributed by atoms with Crippen LogP contribution in [-0.4, -0.2) is 37.2 Å². The first kappa shape index (κ1) is 59.3. The number of esters is 3. The van der Waals surface area contributed by atoms with Crippen LogP contribution in [0.15, 0.2) is 97.2 Å². The maximum Gasteiger partial charge on any atom is 0.306 e. The predicted molar refractivity (Wildman–Crippen MR) is 270 cm³/mol. The Morgan fingerprint density at radius 1 is 0.333 bits per heavy atom. The van der Waals surface area contributed by atoms with Crippen LogP contribution in [0.1, 0.15) is 226 Å². The van der Waals surface area contributed by atoms with E-state index in [0.717, 1.165) is 103 Å². The Morgan fingerprint density at radius 3 is 1.10 bits per heavy atom. The second-order valence-electron chi connectivity index (χ2n) is 16.7. The van der Waals surface area contributed by atoms with Crippen molar-refractivity contribution < 1.29 is 28.6 Å². The zero-order chi connectivity index (χ0) is 45.8. The zero-order valence-corrected chi connectivity index (χ0v) is 40.8. The lowest BCUT2D eigenvalue weighted by Crippen LogP contribution is -2.30. The van der Waals surface area contributed by atoms with E-state index >= 15 is 0 Å². The molecule has 0 N–H and O–H groups in total. The second-order valence-corrected chi connectivity index (χ2v) is 16.7. The van der Waals surface area contributed by atoms with E-state index < -0.39 is 6.10 Å². The fourth-order valence-corrected chi connectivity index (χ4v) is 6.73. The van der Waals surface area contributed by atoms with Gasteiger partial charge in [-0.1, -0.05) is 214 Å². The van der Waals surface area contributed by atoms with Gasteiger partial charge in [0.05, 0.1) is 0 Å². The number of rotatable bonds is 45. The molecule has 0 radical (unpaired) electrons. The minimum absolute atomic E-state index is 0.106. The molecule has 0 saturated heterocycles. The Kier molecular flexibility index (Phi) is 48.0. The van der Waals surface area contributed by atoms with Crippen LogP contribution < -0.4 is 0 Å². The first-order chi connectivity index (χ1) is 31.0. The molecule has 63 heavy (non-hydrogen) atoms. The molecular formula is C57H94O6. The smallest absolute Gasteiger partial charge is 0.306 e. The van der Waals surface area contributed by atoms with Gasteiger partial charge in [-0.05, 0) is 89.9 Å². The first-order valence-electron chi connectivity index (χ1n) is 25.7. The fraction of sp³-hybridized carbons (Fsp3) is 0.667. The Hall–Kier alpha value is -3.67. The van der Waals surface area contributed by atoms with Crippen LogP contribution in [0.5, 0.6) is 0 Å². The van der Waals surface area contributed by atoms with E-state index in [1.165, 1.54) is 77.0 Å². The van der Waals surface area contributed by atoms with Crippen molar-refractivity contribution in [2.24, 2.45) is 0 Å². The number of unbranched alkanes of at least 4 members (excludes halogenated alkanes) is 18. The highest BCUT2D eigenvalue weighted by molar-refractivity contribution is 5.71. The Bertz CT molecular complexity index is 1280. The molecule has 0 heterocycles. The van der Waals surface area contributed by atoms with Gasteiger partial charge in [-0.15, -0.1) is 0 Å². The van der Waals surface area contributed by atoms with Crippen molar-refractivity contribution in [2.75, 3.05) is 13.2 Å². The van der Waals surface area contributed by atoms with Crippen LogP contribution in [0.25, 0.3) is 0 Å². The van der Waals surface area contributed by atoms with E-state index in [4.69, 9.17) is 14.2 Å². The number of hydrogen-bond acceptors (Lipinski definition) is 6. The van der Waals surface area contributed by atoms with Crippen molar-refractivity contribution in [3.8, 4) is 0 Å². The van der Waals surface area contributed by atoms with E-state index in [9.17, 15) is 14.4 Å². The molecule has 0 unspecified atom stereocenters. The summed E-state index contributed by atoms with van der Waals surface area (Å²) < 4.78 is 16.7. The third-order valence-corrected chi connectivity index (χ3v) is 10.6. The number of carbonyl (C=O) groups is 3. The van der Waals surface area contributed by atoms with Gasteiger partial charge >= 0.3 is 17.9 Å². The molecule has 0 amide bonds. The molecule has 0 aromatic carbocycles. The maximum atomic E-state index is 12.8. The molecule has 6 nitrogen and oxygen atoms in total. The summed E-state index contributed by atoms with van der Waals surface area (Å²) in [6.45, 7) is 6.40. The van der Waals surface area contributed by atoms with Crippen molar-refractivity contribution in [3.63, 3.8) is 0 Å². The topological polar surface area (TPSA) is 78.9 Å². The first-order valence-corrected chi connectivity index (χ1v) is 25.7. The summed E-state index contributed by atoms with van der Waals surface area (Å²) >= 11 is 0. The summed E-state index contributed by atoms with van der Waals surface area (Å²) in [4.78, 5) is 37.9. The molecule has 358 valence electrons. The molecule has 0 saturated carbocycles. The lowest BCUT2D eigenvalue weighted by Gasteiger charge is -2.18. The Morgan fingerprint density at radius 2 is 0.651 bits per heavy atom. The number of allylic oxidation sites excluding steroid dienone is 16. The molecule has 0 aliphatic heterocycles. The number of hydrogen-bond donors (Lipinski definition) is 0. The Labute approximate surface area is 387 Å². The number of carbonyl (C=O) groups excluding carboxylic acids is 3. The van der Waals surface area contributed by atoms with Crippen molar-refractivity contribution in [3.05, 3.63) is 97.2 Å². The molecule has 0 rings (SSSR count). The summed E-state index contributed by atoms with van der Waals surface area (Å²) in [5.41, 5.74) is 0. The van der Waals surface area contributed by atoms with E-state index in [1.54, 1.807) is 0 Å². The van der Waals surface area contributed by atoms with Crippen molar-refractivity contribution >= 4 is 17.9 Å². The van der Waals surface area contributed by atoms with Crippen LogP contribution in [0, 0.1) is 0 Å². The largest absolute Gasteiger partial charge is 0.462 e. The molecule has 0 aliphatic carbocycles. The molecule has 0 aromatic heterocycles. The quantitative estimate of drug-likeness (QED) is 0.0262. The monoisotopic (exact) mass is 875 g/mol. The average molecular weight is 875 g/mol. The summed E-state index contributed by atoms with van der Waals surface area (Å²) in [7, 11) is 0. The highest BCUT2D eigenvalue weighted by Gasteiger charge is 2.19. The summed E-state index contributed by atoms with van der Waals surface area (Å²) in [5.74, 6) is -1.01. The molecule has 0 bridgehead atoms. The van der Waals surface area contributed by atoms with Crippen molar-refractivity contribution in [2.45, 2.75) is 232 Å².